The van der Waals surface area contributed by atoms with Crippen molar-refractivity contribution in [3.63, 3.8) is 0 Å². The molecule has 7 N–H and O–H groups in total. The number of nitrogens with zero attached hydrogens (tertiary/aromatic N) is 1. The molecule has 1 amide bonds. The van der Waals surface area contributed by atoms with E-state index in [2.05, 4.69) is 0 Å². The van der Waals surface area contributed by atoms with Crippen LogP contribution in [0.1, 0.15) is 26.7 Å². The Morgan fingerprint density at radius 3 is 2.17 bits per heavy atom. The Bertz CT molecular complexity index is 628. The van der Waals surface area contributed by atoms with E-state index in [0.717, 1.165) is 6.92 Å². The lowest BCUT2D eigenvalue weighted by Gasteiger charge is -2.48. The first-order chi connectivity index (χ1) is 13.4. The Labute approximate surface area is 165 Å². The standard InChI is InChI=1S/C16H26N2O11/c1-6(15(24)25)28-13-11(17)14(29-9(5-19)12(13)23)18(7(2)20)8(16(26)27)3-4-10(21)22/h6,8-9,11-14,19,23H,3-5,17H2,1-2H3,(H,21,22)(H,24,25)(H,26,27)/t6-,8-,9-,11-,12-,13-,14?/m1/s1. The number of carboxylic acid groups (broad SMARTS) is 3. The SMILES string of the molecule is CC(=O)N(C1O[C@H](CO)[C@@H](O)[C@H](O[C@H](C)C(=O)O)[C@H]1N)[C@H](CCC(=O)O)C(=O)O. The zero-order chi connectivity index (χ0) is 22.5. The molecule has 7 atom stereocenters. The van der Waals surface area contributed by atoms with E-state index in [1.807, 2.05) is 0 Å². The molecule has 1 fully saturated rings. The fraction of sp³-hybridized carbons (Fsp3) is 0.750. The molecule has 166 valence electrons. The largest absolute Gasteiger partial charge is 0.481 e. The van der Waals surface area contributed by atoms with Crippen LogP contribution < -0.4 is 5.73 Å². The van der Waals surface area contributed by atoms with Gasteiger partial charge in [0.1, 0.15) is 24.4 Å². The average Bonchev–Trinajstić information content (AvgIpc) is 2.62. The van der Waals surface area contributed by atoms with Crippen molar-refractivity contribution in [2.24, 2.45) is 5.73 Å². The van der Waals surface area contributed by atoms with Gasteiger partial charge in [-0.15, -0.1) is 0 Å². The molecule has 1 heterocycles. The Morgan fingerprint density at radius 2 is 1.76 bits per heavy atom. The molecule has 0 aromatic rings. The lowest BCUT2D eigenvalue weighted by atomic mass is 9.94. The van der Waals surface area contributed by atoms with Crippen molar-refractivity contribution in [1.82, 2.24) is 4.90 Å². The number of hydrogen-bond donors (Lipinski definition) is 6. The van der Waals surface area contributed by atoms with Crippen LogP contribution in [-0.4, -0.2) is 104 Å². The van der Waals surface area contributed by atoms with Gasteiger partial charge in [-0.2, -0.15) is 0 Å². The van der Waals surface area contributed by atoms with E-state index < -0.39 is 86.0 Å². The second kappa shape index (κ2) is 10.5. The highest BCUT2D eigenvalue weighted by Crippen LogP contribution is 2.28. The molecule has 1 aliphatic rings. The summed E-state index contributed by atoms with van der Waals surface area (Å²) in [5.74, 6) is -4.98. The van der Waals surface area contributed by atoms with Gasteiger partial charge in [-0.1, -0.05) is 0 Å². The molecule has 13 heteroatoms. The number of aliphatic hydroxyl groups is 2. The molecule has 1 rings (SSSR count). The molecular formula is C16H26N2O11. The molecule has 0 aromatic heterocycles. The molecule has 0 saturated carbocycles. The Kier molecular flexibility index (Phi) is 8.91. The first-order valence-electron chi connectivity index (χ1n) is 8.74. The van der Waals surface area contributed by atoms with Gasteiger partial charge in [-0.25, -0.2) is 9.59 Å². The minimum Gasteiger partial charge on any atom is -0.481 e. The van der Waals surface area contributed by atoms with Crippen molar-refractivity contribution < 1.29 is 54.2 Å². The number of carboxylic acids is 3. The normalized spacial score (nSPS) is 28.9. The fourth-order valence-electron chi connectivity index (χ4n) is 3.04. The summed E-state index contributed by atoms with van der Waals surface area (Å²) in [6.45, 7) is 1.43. The minimum atomic E-state index is -1.63. The van der Waals surface area contributed by atoms with E-state index in [-0.39, 0.29) is 0 Å². The lowest BCUT2D eigenvalue weighted by molar-refractivity contribution is -0.247. The van der Waals surface area contributed by atoms with Gasteiger partial charge in [0.2, 0.25) is 5.91 Å². The van der Waals surface area contributed by atoms with Gasteiger partial charge in [0.05, 0.1) is 12.6 Å². The summed E-state index contributed by atoms with van der Waals surface area (Å²) in [5.41, 5.74) is 6.02. The monoisotopic (exact) mass is 422 g/mol. The van der Waals surface area contributed by atoms with Gasteiger partial charge in [-0.3, -0.25) is 9.59 Å². The molecule has 13 nitrogen and oxygen atoms in total. The number of aliphatic hydroxyl groups excluding tert-OH is 2. The number of rotatable bonds is 10. The number of nitrogens with two attached hydrogens (primary N) is 1. The van der Waals surface area contributed by atoms with Crippen LogP contribution >= 0.6 is 0 Å². The number of ether oxygens (including phenoxy) is 2. The summed E-state index contributed by atoms with van der Waals surface area (Å²) in [7, 11) is 0. The number of hydrogen-bond acceptors (Lipinski definition) is 9. The first-order valence-corrected chi connectivity index (χ1v) is 8.74. The van der Waals surface area contributed by atoms with E-state index in [1.165, 1.54) is 6.92 Å². The quantitative estimate of drug-likeness (QED) is 0.214. The highest BCUT2D eigenvalue weighted by molar-refractivity contribution is 5.83. The Balaban J connectivity index is 3.27. The zero-order valence-corrected chi connectivity index (χ0v) is 15.9. The Hall–Kier alpha value is -2.32. The molecule has 0 aliphatic carbocycles. The third-order valence-electron chi connectivity index (χ3n) is 4.52. The molecule has 0 aromatic carbocycles. The first kappa shape index (κ1) is 24.7. The van der Waals surface area contributed by atoms with Crippen LogP contribution in [0.5, 0.6) is 0 Å². The predicted octanol–water partition coefficient (Wildman–Crippen LogP) is -2.58. The van der Waals surface area contributed by atoms with E-state index >= 15 is 0 Å². The summed E-state index contributed by atoms with van der Waals surface area (Å²) in [6, 6.07) is -3.03. The number of carbonyl (C=O) groups excluding carboxylic acids is 1. The van der Waals surface area contributed by atoms with Crippen LogP contribution in [0.2, 0.25) is 0 Å². The highest BCUT2D eigenvalue weighted by Gasteiger charge is 2.50. The third-order valence-corrected chi connectivity index (χ3v) is 4.52. The van der Waals surface area contributed by atoms with Crippen molar-refractivity contribution in [2.45, 2.75) is 69.4 Å². The topological polar surface area (TPSA) is 217 Å². The number of aliphatic carboxylic acids is 3. The molecular weight excluding hydrogens is 396 g/mol. The van der Waals surface area contributed by atoms with E-state index in [9.17, 15) is 34.5 Å². The van der Waals surface area contributed by atoms with Gasteiger partial charge >= 0.3 is 17.9 Å². The molecule has 0 radical (unpaired) electrons. The predicted molar refractivity (Wildman–Crippen MR) is 92.5 cm³/mol. The maximum Gasteiger partial charge on any atom is 0.332 e. The van der Waals surface area contributed by atoms with Crippen molar-refractivity contribution in [3.8, 4) is 0 Å². The van der Waals surface area contributed by atoms with Gasteiger partial charge < -0.3 is 45.6 Å². The van der Waals surface area contributed by atoms with Crippen LogP contribution in [0.25, 0.3) is 0 Å². The summed E-state index contributed by atoms with van der Waals surface area (Å²) < 4.78 is 10.7. The van der Waals surface area contributed by atoms with E-state index in [1.54, 1.807) is 0 Å². The number of amides is 1. The van der Waals surface area contributed by atoms with Gasteiger partial charge in [0, 0.05) is 13.3 Å². The molecule has 0 bridgehead atoms. The molecule has 1 saturated heterocycles. The molecule has 29 heavy (non-hydrogen) atoms. The molecule has 0 spiro atoms. The van der Waals surface area contributed by atoms with Gasteiger partial charge in [-0.05, 0) is 13.3 Å². The Morgan fingerprint density at radius 1 is 1.17 bits per heavy atom. The maximum absolute atomic E-state index is 12.2. The second-order valence-electron chi connectivity index (χ2n) is 6.61. The molecule has 1 aliphatic heterocycles. The van der Waals surface area contributed by atoms with Crippen molar-refractivity contribution >= 4 is 23.8 Å². The summed E-state index contributed by atoms with van der Waals surface area (Å²) >= 11 is 0. The highest BCUT2D eigenvalue weighted by atomic mass is 16.6. The zero-order valence-electron chi connectivity index (χ0n) is 15.9. The summed E-state index contributed by atoms with van der Waals surface area (Å²) in [4.78, 5) is 46.5. The van der Waals surface area contributed by atoms with E-state index in [4.69, 9.17) is 25.4 Å². The fourth-order valence-corrected chi connectivity index (χ4v) is 3.04. The lowest BCUT2D eigenvalue weighted by Crippen LogP contribution is -2.69. The summed E-state index contributed by atoms with van der Waals surface area (Å²) in [6.07, 6.45) is -8.32. The minimum absolute atomic E-state index is 0.458. The van der Waals surface area contributed by atoms with Crippen LogP contribution in [0, 0.1) is 0 Å². The van der Waals surface area contributed by atoms with Crippen molar-refractivity contribution in [3.05, 3.63) is 0 Å². The van der Waals surface area contributed by atoms with Crippen molar-refractivity contribution in [1.29, 1.82) is 0 Å². The van der Waals surface area contributed by atoms with Gasteiger partial charge in [0.15, 0.2) is 12.3 Å². The van der Waals surface area contributed by atoms with Crippen LogP contribution in [-0.2, 0) is 28.7 Å². The van der Waals surface area contributed by atoms with Crippen molar-refractivity contribution in [2.75, 3.05) is 6.61 Å². The average molecular weight is 422 g/mol. The van der Waals surface area contributed by atoms with Crippen LogP contribution in [0.15, 0.2) is 0 Å². The number of carbonyl (C=O) groups is 4. The summed E-state index contributed by atoms with van der Waals surface area (Å²) in [5, 5.41) is 47.1. The maximum atomic E-state index is 12.2. The third kappa shape index (κ3) is 6.08. The van der Waals surface area contributed by atoms with Gasteiger partial charge in [0.25, 0.3) is 0 Å². The van der Waals surface area contributed by atoms with Crippen LogP contribution in [0.3, 0.4) is 0 Å². The van der Waals surface area contributed by atoms with E-state index in [0.29, 0.717) is 4.90 Å². The smallest absolute Gasteiger partial charge is 0.332 e. The second-order valence-corrected chi connectivity index (χ2v) is 6.61. The van der Waals surface area contributed by atoms with Crippen LogP contribution in [0.4, 0.5) is 0 Å². The molecule has 1 unspecified atom stereocenters.